The highest BCUT2D eigenvalue weighted by molar-refractivity contribution is 5.70. The maximum absolute atomic E-state index is 11.7. The van der Waals surface area contributed by atoms with E-state index in [1.807, 2.05) is 6.92 Å². The predicted molar refractivity (Wildman–Crippen MR) is 86.1 cm³/mol. The van der Waals surface area contributed by atoms with E-state index in [0.29, 0.717) is 5.92 Å². The van der Waals surface area contributed by atoms with Crippen LogP contribution >= 0.6 is 0 Å². The van der Waals surface area contributed by atoms with Crippen LogP contribution in [0.2, 0.25) is 0 Å². The molecule has 0 aromatic heterocycles. The van der Waals surface area contributed by atoms with Gasteiger partial charge in [0.2, 0.25) is 0 Å². The van der Waals surface area contributed by atoms with E-state index in [0.717, 1.165) is 36.0 Å². The van der Waals surface area contributed by atoms with Gasteiger partial charge >= 0.3 is 5.97 Å². The van der Waals surface area contributed by atoms with E-state index < -0.39 is 5.60 Å². The molecule has 2 bridgehead atoms. The predicted octanol–water partition coefficient (Wildman–Crippen LogP) is 3.65. The first-order valence-electron chi connectivity index (χ1n) is 9.22. The molecular weight excluding hydrogens is 276 g/mol. The molecule has 3 nitrogen and oxygen atoms in total. The van der Waals surface area contributed by atoms with E-state index in [1.54, 1.807) is 0 Å². The SMILES string of the molecule is CCC1CC(CC)C2C3CC(CC3C(C)(O)CC(=O)OC)C12. The van der Waals surface area contributed by atoms with E-state index in [-0.39, 0.29) is 18.3 Å². The fourth-order valence-corrected chi connectivity index (χ4v) is 6.60. The molecule has 3 heteroatoms. The molecule has 1 N–H and O–H groups in total. The maximum atomic E-state index is 11.7. The minimum atomic E-state index is -0.903. The maximum Gasteiger partial charge on any atom is 0.308 e. The van der Waals surface area contributed by atoms with Crippen LogP contribution in [0.15, 0.2) is 0 Å². The number of hydrogen-bond donors (Lipinski definition) is 1. The van der Waals surface area contributed by atoms with Gasteiger partial charge in [-0.25, -0.2) is 0 Å². The van der Waals surface area contributed by atoms with Crippen LogP contribution < -0.4 is 0 Å². The van der Waals surface area contributed by atoms with Crippen molar-refractivity contribution < 1.29 is 14.6 Å². The molecule has 0 aromatic rings. The molecule has 0 heterocycles. The first-order valence-corrected chi connectivity index (χ1v) is 9.22. The third-order valence-corrected chi connectivity index (χ3v) is 7.40. The molecule has 0 amide bonds. The summed E-state index contributed by atoms with van der Waals surface area (Å²) in [5.41, 5.74) is -0.903. The lowest BCUT2D eigenvalue weighted by Crippen LogP contribution is -2.44. The lowest BCUT2D eigenvalue weighted by Gasteiger charge is -2.42. The van der Waals surface area contributed by atoms with E-state index in [9.17, 15) is 9.90 Å². The number of fused-ring (bicyclic) bond motifs is 5. The molecule has 126 valence electrons. The molecule has 0 spiro atoms. The van der Waals surface area contributed by atoms with Gasteiger partial charge in [0.1, 0.15) is 0 Å². The average Bonchev–Trinajstić information content (AvgIpc) is 3.16. The van der Waals surface area contributed by atoms with Crippen molar-refractivity contribution in [3.05, 3.63) is 0 Å². The number of rotatable bonds is 5. The monoisotopic (exact) mass is 308 g/mol. The van der Waals surface area contributed by atoms with Crippen LogP contribution in [0.1, 0.15) is 59.3 Å². The zero-order valence-electron chi connectivity index (χ0n) is 14.5. The summed E-state index contributed by atoms with van der Waals surface area (Å²) in [6.07, 6.45) is 6.51. The first kappa shape index (κ1) is 16.3. The minimum Gasteiger partial charge on any atom is -0.469 e. The molecule has 0 radical (unpaired) electrons. The standard InChI is InChI=1S/C19H32O3/c1-5-11-7-12(6-2)18-14-8-13(17(11)18)9-15(14)19(3,21)10-16(20)22-4/h11-15,17-18,21H,5-10H2,1-4H3. The van der Waals surface area contributed by atoms with Gasteiger partial charge < -0.3 is 9.84 Å². The molecule has 3 saturated carbocycles. The van der Waals surface area contributed by atoms with Crippen molar-refractivity contribution in [3.63, 3.8) is 0 Å². The van der Waals surface area contributed by atoms with Crippen LogP contribution in [-0.4, -0.2) is 23.8 Å². The number of methoxy groups -OCH3 is 1. The molecule has 8 unspecified atom stereocenters. The summed E-state index contributed by atoms with van der Waals surface area (Å²) in [6, 6.07) is 0. The normalized spacial score (nSPS) is 45.6. The van der Waals surface area contributed by atoms with Crippen molar-refractivity contribution in [1.29, 1.82) is 0 Å². The summed E-state index contributed by atoms with van der Waals surface area (Å²) in [4.78, 5) is 11.7. The smallest absolute Gasteiger partial charge is 0.308 e. The first-order chi connectivity index (χ1) is 10.4. The topological polar surface area (TPSA) is 46.5 Å². The highest BCUT2D eigenvalue weighted by atomic mass is 16.5. The Kier molecular flexibility index (Phi) is 4.30. The zero-order valence-corrected chi connectivity index (χ0v) is 14.5. The number of esters is 1. The quantitative estimate of drug-likeness (QED) is 0.789. The van der Waals surface area contributed by atoms with Crippen LogP contribution in [0, 0.1) is 41.4 Å². The van der Waals surface area contributed by atoms with Gasteiger partial charge in [-0.2, -0.15) is 0 Å². The second-order valence-corrected chi connectivity index (χ2v) is 8.34. The van der Waals surface area contributed by atoms with Crippen molar-refractivity contribution in [2.45, 2.75) is 64.9 Å². The zero-order chi connectivity index (χ0) is 16.1. The van der Waals surface area contributed by atoms with Crippen LogP contribution in [0.4, 0.5) is 0 Å². The lowest BCUT2D eigenvalue weighted by molar-refractivity contribution is -0.149. The van der Waals surface area contributed by atoms with Gasteiger partial charge in [-0.05, 0) is 67.6 Å². The lowest BCUT2D eigenvalue weighted by atomic mass is 9.65. The average molecular weight is 308 g/mol. The number of ether oxygens (including phenoxy) is 1. The number of hydrogen-bond acceptors (Lipinski definition) is 3. The number of aliphatic hydroxyl groups is 1. The van der Waals surface area contributed by atoms with E-state index in [4.69, 9.17) is 4.74 Å². The van der Waals surface area contributed by atoms with E-state index in [1.165, 1.54) is 32.8 Å². The van der Waals surface area contributed by atoms with Crippen LogP contribution in [0.25, 0.3) is 0 Å². The summed E-state index contributed by atoms with van der Waals surface area (Å²) in [5.74, 6) is 4.82. The summed E-state index contributed by atoms with van der Waals surface area (Å²) >= 11 is 0. The van der Waals surface area contributed by atoms with Gasteiger partial charge in [0.15, 0.2) is 0 Å². The Morgan fingerprint density at radius 3 is 2.36 bits per heavy atom. The molecule has 3 aliphatic rings. The molecule has 0 aromatic carbocycles. The summed E-state index contributed by atoms with van der Waals surface area (Å²) < 4.78 is 4.79. The molecular formula is C19H32O3. The third-order valence-electron chi connectivity index (χ3n) is 7.40. The Labute approximate surface area is 134 Å². The van der Waals surface area contributed by atoms with Gasteiger partial charge in [-0.15, -0.1) is 0 Å². The minimum absolute atomic E-state index is 0.142. The third kappa shape index (κ3) is 2.40. The van der Waals surface area contributed by atoms with Gasteiger partial charge in [-0.3, -0.25) is 4.79 Å². The highest BCUT2D eigenvalue weighted by Crippen LogP contribution is 2.67. The van der Waals surface area contributed by atoms with Crippen LogP contribution in [-0.2, 0) is 9.53 Å². The van der Waals surface area contributed by atoms with Gasteiger partial charge in [-0.1, -0.05) is 26.7 Å². The molecule has 0 saturated heterocycles. The molecule has 3 fully saturated rings. The van der Waals surface area contributed by atoms with Gasteiger partial charge in [0.25, 0.3) is 0 Å². The van der Waals surface area contributed by atoms with E-state index in [2.05, 4.69) is 13.8 Å². The van der Waals surface area contributed by atoms with Crippen molar-refractivity contribution >= 4 is 5.97 Å². The van der Waals surface area contributed by atoms with Crippen molar-refractivity contribution in [1.82, 2.24) is 0 Å². The van der Waals surface area contributed by atoms with Crippen LogP contribution in [0.5, 0.6) is 0 Å². The van der Waals surface area contributed by atoms with Crippen LogP contribution in [0.3, 0.4) is 0 Å². The van der Waals surface area contributed by atoms with Crippen molar-refractivity contribution in [2.24, 2.45) is 41.4 Å². The molecule has 22 heavy (non-hydrogen) atoms. The Morgan fingerprint density at radius 2 is 1.77 bits per heavy atom. The Morgan fingerprint density at radius 1 is 1.14 bits per heavy atom. The summed E-state index contributed by atoms with van der Waals surface area (Å²) in [5, 5.41) is 10.9. The van der Waals surface area contributed by atoms with E-state index >= 15 is 0 Å². The Hall–Kier alpha value is -0.570. The second-order valence-electron chi connectivity index (χ2n) is 8.34. The largest absolute Gasteiger partial charge is 0.469 e. The number of carbonyl (C=O) groups is 1. The highest BCUT2D eigenvalue weighted by Gasteiger charge is 2.62. The molecule has 3 rings (SSSR count). The Balaban J connectivity index is 1.79. The Bertz CT molecular complexity index is 430. The fourth-order valence-electron chi connectivity index (χ4n) is 6.60. The van der Waals surface area contributed by atoms with Gasteiger partial charge in [0, 0.05) is 0 Å². The summed E-state index contributed by atoms with van der Waals surface area (Å²) in [7, 11) is 1.41. The van der Waals surface area contributed by atoms with Crippen molar-refractivity contribution in [2.75, 3.05) is 7.11 Å². The van der Waals surface area contributed by atoms with Crippen molar-refractivity contribution in [3.8, 4) is 0 Å². The molecule has 3 aliphatic carbocycles. The fraction of sp³-hybridized carbons (Fsp3) is 0.947. The summed E-state index contributed by atoms with van der Waals surface area (Å²) in [6.45, 7) is 6.53. The number of carbonyl (C=O) groups excluding carboxylic acids is 1. The second kappa shape index (κ2) is 5.81. The van der Waals surface area contributed by atoms with Gasteiger partial charge in [0.05, 0.1) is 19.1 Å². The molecule has 0 aliphatic heterocycles. The molecule has 8 atom stereocenters.